The highest BCUT2D eigenvalue weighted by molar-refractivity contribution is 7.98. The molecule has 0 aliphatic carbocycles. The van der Waals surface area contributed by atoms with Crippen molar-refractivity contribution in [3.05, 3.63) is 53.5 Å². The van der Waals surface area contributed by atoms with E-state index in [-0.39, 0.29) is 11.7 Å². The number of fused-ring (bicyclic) bond motifs is 2. The SMILES string of the molecule is FC(F)(F)c1cc2c(NC3CSCc4ccccc43)ncnc2[nH]1. The van der Waals surface area contributed by atoms with Crippen molar-refractivity contribution >= 4 is 28.6 Å². The third kappa shape index (κ3) is 2.71. The molecule has 1 atom stereocenters. The van der Waals surface area contributed by atoms with Crippen LogP contribution in [0.25, 0.3) is 11.0 Å². The first-order chi connectivity index (χ1) is 11.5. The van der Waals surface area contributed by atoms with Gasteiger partial charge in [-0.25, -0.2) is 9.97 Å². The Kier molecular flexibility index (Phi) is 3.64. The molecule has 1 aliphatic rings. The Morgan fingerprint density at radius 2 is 2.04 bits per heavy atom. The molecule has 124 valence electrons. The first-order valence-corrected chi connectivity index (χ1v) is 8.51. The maximum atomic E-state index is 12.9. The number of hydrogen-bond donors (Lipinski definition) is 2. The summed E-state index contributed by atoms with van der Waals surface area (Å²) in [4.78, 5) is 10.4. The van der Waals surface area contributed by atoms with E-state index in [1.165, 1.54) is 11.9 Å². The molecular formula is C16H13F3N4S. The molecule has 3 heterocycles. The van der Waals surface area contributed by atoms with Crippen molar-refractivity contribution in [3.8, 4) is 0 Å². The molecule has 0 fully saturated rings. The summed E-state index contributed by atoms with van der Waals surface area (Å²) in [5.74, 6) is 2.18. The number of rotatable bonds is 2. The van der Waals surface area contributed by atoms with Crippen molar-refractivity contribution < 1.29 is 13.2 Å². The molecule has 0 saturated carbocycles. The van der Waals surface area contributed by atoms with E-state index in [1.807, 2.05) is 18.2 Å². The Morgan fingerprint density at radius 3 is 2.88 bits per heavy atom. The Morgan fingerprint density at radius 1 is 1.21 bits per heavy atom. The number of benzene rings is 1. The topological polar surface area (TPSA) is 53.6 Å². The maximum absolute atomic E-state index is 12.9. The summed E-state index contributed by atoms with van der Waals surface area (Å²) in [6, 6.07) is 9.14. The van der Waals surface area contributed by atoms with Crippen LogP contribution in [0.15, 0.2) is 36.7 Å². The molecule has 1 unspecified atom stereocenters. The number of aromatic nitrogens is 3. The van der Waals surface area contributed by atoms with Crippen molar-refractivity contribution in [1.29, 1.82) is 0 Å². The molecular weight excluding hydrogens is 337 g/mol. The van der Waals surface area contributed by atoms with Gasteiger partial charge in [0.1, 0.15) is 23.5 Å². The van der Waals surface area contributed by atoms with Gasteiger partial charge >= 0.3 is 6.18 Å². The van der Waals surface area contributed by atoms with Gasteiger partial charge in [0.2, 0.25) is 0 Å². The van der Waals surface area contributed by atoms with E-state index >= 15 is 0 Å². The summed E-state index contributed by atoms with van der Waals surface area (Å²) < 4.78 is 38.7. The number of halogens is 3. The monoisotopic (exact) mass is 350 g/mol. The fourth-order valence-corrected chi connectivity index (χ4v) is 3.97. The summed E-state index contributed by atoms with van der Waals surface area (Å²) >= 11 is 1.79. The van der Waals surface area contributed by atoms with Gasteiger partial charge in [-0.15, -0.1) is 0 Å². The van der Waals surface area contributed by atoms with Crippen LogP contribution in [0.4, 0.5) is 19.0 Å². The lowest BCUT2D eigenvalue weighted by molar-refractivity contribution is -0.140. The van der Waals surface area contributed by atoms with Crippen molar-refractivity contribution in [1.82, 2.24) is 15.0 Å². The highest BCUT2D eigenvalue weighted by atomic mass is 32.2. The van der Waals surface area contributed by atoms with Crippen LogP contribution in [0, 0.1) is 0 Å². The lowest BCUT2D eigenvalue weighted by atomic mass is 10.0. The number of anilines is 1. The van der Waals surface area contributed by atoms with Gasteiger partial charge in [0.05, 0.1) is 11.4 Å². The van der Waals surface area contributed by atoms with Crippen LogP contribution >= 0.6 is 11.8 Å². The molecule has 0 saturated heterocycles. The lowest BCUT2D eigenvalue weighted by Crippen LogP contribution is -2.19. The van der Waals surface area contributed by atoms with Gasteiger partial charge in [0.15, 0.2) is 0 Å². The lowest BCUT2D eigenvalue weighted by Gasteiger charge is -2.26. The number of nitrogens with one attached hydrogen (secondary N) is 2. The van der Waals surface area contributed by atoms with Crippen LogP contribution in [0.3, 0.4) is 0 Å². The number of thioether (sulfide) groups is 1. The highest BCUT2D eigenvalue weighted by Gasteiger charge is 2.33. The van der Waals surface area contributed by atoms with E-state index in [1.54, 1.807) is 11.8 Å². The summed E-state index contributed by atoms with van der Waals surface area (Å²) in [5, 5.41) is 3.63. The van der Waals surface area contributed by atoms with Crippen molar-refractivity contribution in [2.24, 2.45) is 0 Å². The van der Waals surface area contributed by atoms with E-state index in [0.29, 0.717) is 11.2 Å². The number of alkyl halides is 3. The van der Waals surface area contributed by atoms with Gasteiger partial charge < -0.3 is 10.3 Å². The molecule has 1 aliphatic heterocycles. The van der Waals surface area contributed by atoms with Crippen LogP contribution in [0.5, 0.6) is 0 Å². The summed E-state index contributed by atoms with van der Waals surface area (Å²) in [5.41, 5.74) is 1.76. The average molecular weight is 350 g/mol. The second-order valence-corrected chi connectivity index (χ2v) is 6.61. The Hall–Kier alpha value is -2.22. The smallest absolute Gasteiger partial charge is 0.362 e. The summed E-state index contributed by atoms with van der Waals surface area (Å²) in [6.45, 7) is 0. The molecule has 2 aromatic heterocycles. The summed E-state index contributed by atoms with van der Waals surface area (Å²) in [6.07, 6.45) is -3.17. The Balaban J connectivity index is 1.72. The first kappa shape index (κ1) is 15.3. The maximum Gasteiger partial charge on any atom is 0.431 e. The van der Waals surface area contributed by atoms with Crippen molar-refractivity contribution in [2.45, 2.75) is 18.0 Å². The number of H-pyrrole nitrogens is 1. The minimum atomic E-state index is -4.44. The number of hydrogen-bond acceptors (Lipinski definition) is 4. The largest absolute Gasteiger partial charge is 0.431 e. The minimum Gasteiger partial charge on any atom is -0.362 e. The third-order valence-electron chi connectivity index (χ3n) is 4.01. The van der Waals surface area contributed by atoms with Crippen LogP contribution < -0.4 is 5.32 Å². The standard InChI is InChI=1S/C16H13F3N4S/c17-16(18,19)13-5-11-14(20-8-21-15(11)23-13)22-12-7-24-6-9-3-1-2-4-10(9)12/h1-5,8,12H,6-7H2,(H2,20,21,22,23). The van der Waals surface area contributed by atoms with Crippen LogP contribution in [0.2, 0.25) is 0 Å². The molecule has 4 nitrogen and oxygen atoms in total. The average Bonchev–Trinajstić information content (AvgIpc) is 3.01. The van der Waals surface area contributed by atoms with Gasteiger partial charge in [-0.2, -0.15) is 24.9 Å². The van der Waals surface area contributed by atoms with Crippen molar-refractivity contribution in [3.63, 3.8) is 0 Å². The molecule has 8 heteroatoms. The van der Waals surface area contributed by atoms with E-state index in [9.17, 15) is 13.2 Å². The first-order valence-electron chi connectivity index (χ1n) is 7.35. The molecule has 0 bridgehead atoms. The molecule has 2 N–H and O–H groups in total. The van der Waals surface area contributed by atoms with Crippen LogP contribution in [0.1, 0.15) is 22.9 Å². The number of aromatic amines is 1. The minimum absolute atomic E-state index is 0.00212. The van der Waals surface area contributed by atoms with Crippen LogP contribution in [-0.4, -0.2) is 20.7 Å². The predicted octanol–water partition coefficient (Wildman–Crippen LogP) is 4.38. The van der Waals surface area contributed by atoms with E-state index < -0.39 is 11.9 Å². The van der Waals surface area contributed by atoms with E-state index in [4.69, 9.17) is 0 Å². The molecule has 4 rings (SSSR count). The second kappa shape index (κ2) is 5.70. The third-order valence-corrected chi connectivity index (χ3v) is 5.10. The van der Waals surface area contributed by atoms with Gasteiger partial charge in [-0.3, -0.25) is 0 Å². The van der Waals surface area contributed by atoms with Gasteiger partial charge in [0, 0.05) is 11.5 Å². The highest BCUT2D eigenvalue weighted by Crippen LogP contribution is 2.36. The molecule has 0 radical (unpaired) electrons. The molecule has 0 spiro atoms. The molecule has 0 amide bonds. The van der Waals surface area contributed by atoms with Gasteiger partial charge in [-0.1, -0.05) is 24.3 Å². The Bertz CT molecular complexity index is 890. The molecule has 24 heavy (non-hydrogen) atoms. The summed E-state index contributed by atoms with van der Waals surface area (Å²) in [7, 11) is 0. The predicted molar refractivity (Wildman–Crippen MR) is 87.9 cm³/mol. The zero-order valence-electron chi connectivity index (χ0n) is 12.4. The second-order valence-electron chi connectivity index (χ2n) is 5.58. The zero-order chi connectivity index (χ0) is 16.7. The van der Waals surface area contributed by atoms with Crippen LogP contribution in [-0.2, 0) is 11.9 Å². The fourth-order valence-electron chi connectivity index (χ4n) is 2.87. The fraction of sp³-hybridized carbons (Fsp3) is 0.250. The molecule has 1 aromatic carbocycles. The zero-order valence-corrected chi connectivity index (χ0v) is 13.2. The molecule has 3 aromatic rings. The number of nitrogens with zero attached hydrogens (tertiary/aromatic N) is 2. The van der Waals surface area contributed by atoms with Crippen molar-refractivity contribution in [2.75, 3.05) is 11.1 Å². The van der Waals surface area contributed by atoms with E-state index in [2.05, 4.69) is 26.3 Å². The van der Waals surface area contributed by atoms with Gasteiger partial charge in [0.25, 0.3) is 0 Å². The normalized spacial score (nSPS) is 17.7. The van der Waals surface area contributed by atoms with E-state index in [0.717, 1.165) is 23.1 Å². The Labute approximate surface area is 139 Å². The van der Waals surface area contributed by atoms with Gasteiger partial charge in [-0.05, 0) is 17.2 Å². The quantitative estimate of drug-likeness (QED) is 0.720.